The Hall–Kier alpha value is -2.15. The fraction of sp³-hybridized carbons (Fsp3) is 0.632. The van der Waals surface area contributed by atoms with E-state index in [9.17, 15) is 9.90 Å². The Balaban J connectivity index is 1.46. The minimum atomic E-state index is -0.435. The smallest absolute Gasteiger partial charge is 0.255 e. The molecule has 3 heterocycles. The first kappa shape index (κ1) is 17.3. The largest absolute Gasteiger partial charge is 0.391 e. The van der Waals surface area contributed by atoms with Crippen LogP contribution in [0.5, 0.6) is 0 Å². The number of aliphatic hydroxyl groups excluding tert-OH is 1. The highest BCUT2D eigenvalue weighted by molar-refractivity contribution is 5.94. The maximum Gasteiger partial charge on any atom is 0.255 e. The van der Waals surface area contributed by atoms with Gasteiger partial charge in [0, 0.05) is 31.0 Å². The zero-order valence-electron chi connectivity index (χ0n) is 15.6. The Labute approximate surface area is 153 Å². The van der Waals surface area contributed by atoms with Gasteiger partial charge in [-0.2, -0.15) is 5.10 Å². The Morgan fingerprint density at radius 2 is 1.96 bits per heavy atom. The van der Waals surface area contributed by atoms with Gasteiger partial charge in [0.15, 0.2) is 0 Å². The Bertz CT molecular complexity index is 776. The second-order valence-electron chi connectivity index (χ2n) is 8.69. The minimum absolute atomic E-state index is 0.0351. The van der Waals surface area contributed by atoms with Crippen LogP contribution in [-0.2, 0) is 5.54 Å². The van der Waals surface area contributed by atoms with Crippen molar-refractivity contribution in [3.8, 4) is 0 Å². The van der Waals surface area contributed by atoms with Crippen LogP contribution in [0.2, 0.25) is 0 Å². The van der Waals surface area contributed by atoms with Crippen molar-refractivity contribution in [3.63, 3.8) is 0 Å². The Morgan fingerprint density at radius 3 is 2.58 bits per heavy atom. The number of rotatable bonds is 2. The van der Waals surface area contributed by atoms with E-state index in [1.807, 2.05) is 23.4 Å². The third-order valence-corrected chi connectivity index (χ3v) is 5.89. The van der Waals surface area contributed by atoms with Gasteiger partial charge in [0.05, 0.1) is 17.7 Å². The van der Waals surface area contributed by atoms with Crippen molar-refractivity contribution in [2.24, 2.45) is 11.8 Å². The molecule has 0 aromatic carbocycles. The third-order valence-electron chi connectivity index (χ3n) is 5.89. The fourth-order valence-corrected chi connectivity index (χ4v) is 4.37. The van der Waals surface area contributed by atoms with Gasteiger partial charge in [-0.15, -0.1) is 0 Å². The van der Waals surface area contributed by atoms with E-state index in [1.165, 1.54) is 6.33 Å². The van der Waals surface area contributed by atoms with E-state index in [0.717, 1.165) is 25.1 Å². The van der Waals surface area contributed by atoms with Crippen LogP contribution in [0.3, 0.4) is 0 Å². The van der Waals surface area contributed by atoms with Crippen LogP contribution in [-0.4, -0.2) is 54.4 Å². The first-order valence-electron chi connectivity index (χ1n) is 9.33. The molecule has 26 heavy (non-hydrogen) atoms. The third kappa shape index (κ3) is 3.05. The molecule has 4 atom stereocenters. The number of fused-ring (bicyclic) bond motifs is 1. The number of likely N-dealkylation sites (tertiary alicyclic amines) is 1. The van der Waals surface area contributed by atoms with Gasteiger partial charge in [-0.05, 0) is 51.5 Å². The number of carbonyl (C=O) groups excluding carboxylic acids is 1. The van der Waals surface area contributed by atoms with E-state index >= 15 is 0 Å². The number of amides is 1. The lowest BCUT2D eigenvalue weighted by atomic mass is 9.77. The van der Waals surface area contributed by atoms with Crippen molar-refractivity contribution in [2.75, 3.05) is 13.1 Å². The molecule has 0 radical (unpaired) electrons. The molecular formula is C19H27N5O2. The maximum absolute atomic E-state index is 12.9. The molecule has 0 unspecified atom stereocenters. The molecule has 1 saturated carbocycles. The van der Waals surface area contributed by atoms with Crippen LogP contribution in [0, 0.1) is 11.8 Å². The summed E-state index contributed by atoms with van der Waals surface area (Å²) >= 11 is 0. The molecule has 7 heteroatoms. The molecule has 1 saturated heterocycles. The average molecular weight is 357 g/mol. The average Bonchev–Trinajstić information content (AvgIpc) is 3.31. The summed E-state index contributed by atoms with van der Waals surface area (Å²) in [4.78, 5) is 18.9. The van der Waals surface area contributed by atoms with Gasteiger partial charge < -0.3 is 14.6 Å². The highest BCUT2D eigenvalue weighted by atomic mass is 16.3. The molecular weight excluding hydrogens is 330 g/mol. The normalized spacial score (nSPS) is 29.0. The summed E-state index contributed by atoms with van der Waals surface area (Å²) in [5.74, 6) is 0.855. The Morgan fingerprint density at radius 1 is 1.23 bits per heavy atom. The summed E-state index contributed by atoms with van der Waals surface area (Å²) in [6.45, 7) is 7.85. The summed E-state index contributed by atoms with van der Waals surface area (Å²) in [6.07, 6.45) is 8.20. The zero-order chi connectivity index (χ0) is 18.5. The summed E-state index contributed by atoms with van der Waals surface area (Å²) in [7, 11) is 0. The van der Waals surface area contributed by atoms with Gasteiger partial charge in [-0.3, -0.25) is 4.79 Å². The second-order valence-corrected chi connectivity index (χ2v) is 8.69. The molecule has 1 amide bonds. The molecule has 1 N–H and O–H groups in total. The summed E-state index contributed by atoms with van der Waals surface area (Å²) in [6, 6.07) is 1.86. The standard InChI is InChI=1S/C19H27N5O2/c1-19(2,3)23-5-4-13(10-23)18(26)22-8-14-6-16(24-12-20-11-21-24)17(25)7-15(14)9-22/h4-5,10-12,14-17,25H,6-9H2,1-3H3/t14-,15+,16-,17-/m1/s1. The van der Waals surface area contributed by atoms with E-state index in [-0.39, 0.29) is 17.5 Å². The molecule has 1 aliphatic carbocycles. The summed E-state index contributed by atoms with van der Waals surface area (Å²) in [5.41, 5.74) is 0.707. The number of hydrogen-bond acceptors (Lipinski definition) is 4. The summed E-state index contributed by atoms with van der Waals surface area (Å²) in [5, 5.41) is 14.7. The van der Waals surface area contributed by atoms with E-state index in [0.29, 0.717) is 18.3 Å². The molecule has 140 valence electrons. The number of aromatic nitrogens is 4. The van der Waals surface area contributed by atoms with Crippen LogP contribution in [0.1, 0.15) is 50.0 Å². The lowest BCUT2D eigenvalue weighted by molar-refractivity contribution is 0.0304. The molecule has 4 rings (SSSR count). The van der Waals surface area contributed by atoms with Gasteiger partial charge in [-0.25, -0.2) is 9.67 Å². The van der Waals surface area contributed by atoms with Crippen LogP contribution in [0.15, 0.2) is 31.1 Å². The first-order valence-corrected chi connectivity index (χ1v) is 9.33. The van der Waals surface area contributed by atoms with E-state index in [1.54, 1.807) is 11.0 Å². The van der Waals surface area contributed by atoms with E-state index in [4.69, 9.17) is 0 Å². The highest BCUT2D eigenvalue weighted by Crippen LogP contribution is 2.41. The van der Waals surface area contributed by atoms with Crippen molar-refractivity contribution in [3.05, 3.63) is 36.7 Å². The number of nitrogens with zero attached hydrogens (tertiary/aromatic N) is 5. The van der Waals surface area contributed by atoms with Crippen LogP contribution in [0.25, 0.3) is 0 Å². The number of carbonyl (C=O) groups is 1. The van der Waals surface area contributed by atoms with Gasteiger partial charge in [-0.1, -0.05) is 0 Å². The van der Waals surface area contributed by atoms with Crippen molar-refractivity contribution >= 4 is 5.91 Å². The molecule has 2 aromatic rings. The van der Waals surface area contributed by atoms with Gasteiger partial charge in [0.2, 0.25) is 0 Å². The van der Waals surface area contributed by atoms with Crippen molar-refractivity contribution in [1.82, 2.24) is 24.2 Å². The van der Waals surface area contributed by atoms with Gasteiger partial charge in [0.25, 0.3) is 5.91 Å². The van der Waals surface area contributed by atoms with Gasteiger partial charge >= 0.3 is 0 Å². The minimum Gasteiger partial charge on any atom is -0.391 e. The quantitative estimate of drug-likeness (QED) is 0.891. The van der Waals surface area contributed by atoms with Crippen LogP contribution >= 0.6 is 0 Å². The van der Waals surface area contributed by atoms with Crippen molar-refractivity contribution in [1.29, 1.82) is 0 Å². The predicted molar refractivity (Wildman–Crippen MR) is 96.6 cm³/mol. The molecule has 2 aromatic heterocycles. The predicted octanol–water partition coefficient (Wildman–Crippen LogP) is 1.92. The zero-order valence-corrected chi connectivity index (χ0v) is 15.6. The highest BCUT2D eigenvalue weighted by Gasteiger charge is 2.44. The molecule has 0 bridgehead atoms. The maximum atomic E-state index is 12.9. The fourth-order valence-electron chi connectivity index (χ4n) is 4.37. The van der Waals surface area contributed by atoms with Gasteiger partial charge in [0.1, 0.15) is 12.7 Å². The topological polar surface area (TPSA) is 76.2 Å². The first-order chi connectivity index (χ1) is 12.3. The molecule has 7 nitrogen and oxygen atoms in total. The molecule has 0 spiro atoms. The molecule has 2 fully saturated rings. The summed E-state index contributed by atoms with van der Waals surface area (Å²) < 4.78 is 3.84. The Kier molecular flexibility index (Phi) is 4.14. The lowest BCUT2D eigenvalue weighted by Gasteiger charge is -2.34. The number of aliphatic hydroxyl groups is 1. The van der Waals surface area contributed by atoms with E-state index in [2.05, 4.69) is 35.4 Å². The molecule has 2 aliphatic rings. The SMILES string of the molecule is CC(C)(C)n1ccc(C(=O)N2C[C@H]3C[C@@H](n4cncn4)[C@H](O)C[C@H]3C2)c1. The lowest BCUT2D eigenvalue weighted by Crippen LogP contribution is -2.36. The number of hydrogen-bond donors (Lipinski definition) is 1. The van der Waals surface area contributed by atoms with Crippen LogP contribution in [0.4, 0.5) is 0 Å². The molecule has 1 aliphatic heterocycles. The van der Waals surface area contributed by atoms with E-state index < -0.39 is 6.10 Å². The van der Waals surface area contributed by atoms with Crippen LogP contribution < -0.4 is 0 Å². The van der Waals surface area contributed by atoms with Crippen molar-refractivity contribution < 1.29 is 9.90 Å². The second kappa shape index (κ2) is 6.23. The van der Waals surface area contributed by atoms with Crippen molar-refractivity contribution in [2.45, 2.75) is 51.3 Å². The monoisotopic (exact) mass is 357 g/mol.